The number of aromatic amines is 1. The first-order chi connectivity index (χ1) is 8.72. The summed E-state index contributed by atoms with van der Waals surface area (Å²) in [5.74, 6) is 0. The van der Waals surface area contributed by atoms with Crippen molar-refractivity contribution in [3.8, 4) is 0 Å². The van der Waals surface area contributed by atoms with E-state index < -0.39 is 0 Å². The van der Waals surface area contributed by atoms with Crippen LogP contribution in [-0.4, -0.2) is 23.6 Å². The largest absolute Gasteiger partial charge is 0.384 e. The number of methoxy groups -OCH3 is 1. The highest BCUT2D eigenvalue weighted by atomic mass is 16.6. The third-order valence-electron chi connectivity index (χ3n) is 2.53. The fraction of sp³-hybridized carbons (Fsp3) is 0.385. The van der Waals surface area contributed by atoms with Crippen molar-refractivity contribution >= 4 is 16.6 Å². The smallest absolute Gasteiger partial charge is 0.271 e. The maximum atomic E-state index is 10.8. The molecule has 1 aromatic carbocycles. The molecule has 0 atom stereocenters. The molecule has 0 aliphatic heterocycles. The number of ether oxygens (including phenoxy) is 1. The summed E-state index contributed by atoms with van der Waals surface area (Å²) in [6.45, 7) is 4.56. The summed E-state index contributed by atoms with van der Waals surface area (Å²) in [6.07, 6.45) is 2.46. The summed E-state index contributed by atoms with van der Waals surface area (Å²) in [7, 11) is 1.62. The molecule has 18 heavy (non-hydrogen) atoms. The molecule has 98 valence electrons. The van der Waals surface area contributed by atoms with Crippen LogP contribution in [0.3, 0.4) is 0 Å². The zero-order valence-electron chi connectivity index (χ0n) is 10.9. The van der Waals surface area contributed by atoms with Crippen molar-refractivity contribution < 1.29 is 9.66 Å². The summed E-state index contributed by atoms with van der Waals surface area (Å²) >= 11 is 0. The number of hydrogen-bond donors (Lipinski definition) is 1. The second-order valence-electron chi connectivity index (χ2n) is 3.54. The minimum atomic E-state index is -0.378. The van der Waals surface area contributed by atoms with Gasteiger partial charge in [-0.2, -0.15) is 0 Å². The third kappa shape index (κ3) is 3.07. The Labute approximate surface area is 106 Å². The number of nitro benzene ring substituents is 1. The molecule has 1 heterocycles. The molecule has 0 amide bonds. The second-order valence-corrected chi connectivity index (χ2v) is 3.54. The van der Waals surface area contributed by atoms with Crippen molar-refractivity contribution in [2.75, 3.05) is 13.7 Å². The normalized spacial score (nSPS) is 9.94. The molecular formula is C13H18N2O3. The topological polar surface area (TPSA) is 68.2 Å². The van der Waals surface area contributed by atoms with E-state index in [1.54, 1.807) is 25.4 Å². The highest BCUT2D eigenvalue weighted by Gasteiger charge is 2.11. The Balaban J connectivity index is 0.000000771. The van der Waals surface area contributed by atoms with Crippen LogP contribution in [-0.2, 0) is 11.2 Å². The van der Waals surface area contributed by atoms with Crippen molar-refractivity contribution in [2.45, 2.75) is 20.3 Å². The van der Waals surface area contributed by atoms with Gasteiger partial charge in [0, 0.05) is 30.8 Å². The number of hydrogen-bond acceptors (Lipinski definition) is 3. The van der Waals surface area contributed by atoms with Crippen molar-refractivity contribution in [2.24, 2.45) is 0 Å². The van der Waals surface area contributed by atoms with E-state index >= 15 is 0 Å². The molecule has 0 saturated heterocycles. The van der Waals surface area contributed by atoms with Crippen molar-refractivity contribution in [1.29, 1.82) is 0 Å². The number of nitrogens with one attached hydrogen (secondary N) is 1. The summed E-state index contributed by atoms with van der Waals surface area (Å²) in [5, 5.41) is 11.8. The van der Waals surface area contributed by atoms with Crippen LogP contribution in [0.1, 0.15) is 19.4 Å². The van der Waals surface area contributed by atoms with E-state index in [0.717, 1.165) is 16.5 Å². The van der Waals surface area contributed by atoms with Gasteiger partial charge in [0.2, 0.25) is 0 Å². The molecular weight excluding hydrogens is 232 g/mol. The van der Waals surface area contributed by atoms with Gasteiger partial charge in [-0.25, -0.2) is 0 Å². The number of nitrogens with zero attached hydrogens (tertiary/aromatic N) is 1. The van der Waals surface area contributed by atoms with E-state index in [9.17, 15) is 10.1 Å². The Kier molecular flexibility index (Phi) is 5.32. The second kappa shape index (κ2) is 6.76. The third-order valence-corrected chi connectivity index (χ3v) is 2.53. The van der Waals surface area contributed by atoms with Crippen LogP contribution >= 0.6 is 0 Å². The monoisotopic (exact) mass is 250 g/mol. The Morgan fingerprint density at radius 2 is 2.11 bits per heavy atom. The minimum Gasteiger partial charge on any atom is -0.384 e. The lowest BCUT2D eigenvalue weighted by Crippen LogP contribution is -1.97. The molecule has 0 bridgehead atoms. The van der Waals surface area contributed by atoms with E-state index in [2.05, 4.69) is 4.98 Å². The van der Waals surface area contributed by atoms with Gasteiger partial charge in [0.05, 0.1) is 17.0 Å². The van der Waals surface area contributed by atoms with Crippen LogP contribution in [0.15, 0.2) is 24.4 Å². The first kappa shape index (κ1) is 14.2. The average Bonchev–Trinajstić information content (AvgIpc) is 2.86. The molecule has 0 fully saturated rings. The first-order valence-electron chi connectivity index (χ1n) is 5.95. The lowest BCUT2D eigenvalue weighted by Gasteiger charge is -2.03. The van der Waals surface area contributed by atoms with E-state index in [1.807, 2.05) is 19.9 Å². The van der Waals surface area contributed by atoms with E-state index in [-0.39, 0.29) is 10.6 Å². The van der Waals surface area contributed by atoms with Crippen molar-refractivity contribution in [3.63, 3.8) is 0 Å². The molecule has 0 spiro atoms. The number of fused-ring (bicyclic) bond motifs is 1. The van der Waals surface area contributed by atoms with Crippen molar-refractivity contribution in [1.82, 2.24) is 4.98 Å². The van der Waals surface area contributed by atoms with Gasteiger partial charge in [-0.05, 0) is 18.1 Å². The number of nitro groups is 1. The molecule has 0 unspecified atom stereocenters. The van der Waals surface area contributed by atoms with Gasteiger partial charge < -0.3 is 9.72 Å². The summed E-state index contributed by atoms with van der Waals surface area (Å²) in [4.78, 5) is 13.4. The first-order valence-corrected chi connectivity index (χ1v) is 5.95. The molecule has 0 aliphatic carbocycles. The predicted octanol–water partition coefficient (Wildman–Crippen LogP) is 3.29. The highest BCUT2D eigenvalue weighted by molar-refractivity contribution is 5.85. The summed E-state index contributed by atoms with van der Waals surface area (Å²) in [6, 6.07) is 5.07. The zero-order valence-corrected chi connectivity index (χ0v) is 10.9. The molecule has 1 aromatic heterocycles. The number of rotatable bonds is 4. The molecule has 5 nitrogen and oxygen atoms in total. The lowest BCUT2D eigenvalue weighted by molar-refractivity contribution is -0.384. The fourth-order valence-corrected chi connectivity index (χ4v) is 1.75. The van der Waals surface area contributed by atoms with Gasteiger partial charge in [-0.1, -0.05) is 13.8 Å². The molecule has 5 heteroatoms. The molecule has 0 radical (unpaired) electrons. The van der Waals surface area contributed by atoms with Gasteiger partial charge in [-0.15, -0.1) is 0 Å². The minimum absolute atomic E-state index is 0.112. The van der Waals surface area contributed by atoms with Gasteiger partial charge in [0.25, 0.3) is 5.69 Å². The van der Waals surface area contributed by atoms with Crippen LogP contribution in [0.4, 0.5) is 5.69 Å². The Bertz CT molecular complexity index is 520. The highest BCUT2D eigenvalue weighted by Crippen LogP contribution is 2.24. The van der Waals surface area contributed by atoms with Crippen LogP contribution in [0.25, 0.3) is 10.9 Å². The Morgan fingerprint density at radius 3 is 2.72 bits per heavy atom. The van der Waals surface area contributed by atoms with Gasteiger partial charge in [0.1, 0.15) is 0 Å². The van der Waals surface area contributed by atoms with Gasteiger partial charge >= 0.3 is 0 Å². The maximum absolute atomic E-state index is 10.8. The fourth-order valence-electron chi connectivity index (χ4n) is 1.75. The SMILES string of the molecule is CC.COCCc1cc([N+](=O)[O-])cc2[nH]ccc12. The van der Waals surface area contributed by atoms with Crippen molar-refractivity contribution in [3.05, 3.63) is 40.1 Å². The van der Waals surface area contributed by atoms with E-state index in [4.69, 9.17) is 4.74 Å². The Hall–Kier alpha value is -1.88. The quantitative estimate of drug-likeness (QED) is 0.668. The predicted molar refractivity (Wildman–Crippen MR) is 71.9 cm³/mol. The van der Waals surface area contributed by atoms with Gasteiger partial charge in [0.15, 0.2) is 0 Å². The van der Waals surface area contributed by atoms with Crippen LogP contribution < -0.4 is 0 Å². The lowest BCUT2D eigenvalue weighted by atomic mass is 10.1. The number of benzene rings is 1. The molecule has 0 aliphatic rings. The van der Waals surface area contributed by atoms with Crippen LogP contribution in [0.5, 0.6) is 0 Å². The number of aromatic nitrogens is 1. The standard InChI is InChI=1S/C11H12N2O3.C2H6/c1-16-5-3-8-6-9(13(14)15)7-11-10(8)2-4-12-11;1-2/h2,4,6-7,12H,3,5H2,1H3;1-2H3. The van der Waals surface area contributed by atoms with Gasteiger partial charge in [-0.3, -0.25) is 10.1 Å². The average molecular weight is 250 g/mol. The number of non-ortho nitro benzene ring substituents is 1. The maximum Gasteiger partial charge on any atom is 0.271 e. The molecule has 2 rings (SSSR count). The molecule has 1 N–H and O–H groups in total. The summed E-state index contributed by atoms with van der Waals surface area (Å²) < 4.78 is 4.99. The van der Waals surface area contributed by atoms with Crippen LogP contribution in [0, 0.1) is 10.1 Å². The van der Waals surface area contributed by atoms with Crippen LogP contribution in [0.2, 0.25) is 0 Å². The summed E-state index contributed by atoms with van der Waals surface area (Å²) in [5.41, 5.74) is 1.84. The molecule has 2 aromatic rings. The Morgan fingerprint density at radius 1 is 1.39 bits per heavy atom. The zero-order chi connectivity index (χ0) is 13.5. The number of H-pyrrole nitrogens is 1. The van der Waals surface area contributed by atoms with E-state index in [1.165, 1.54) is 0 Å². The van der Waals surface area contributed by atoms with E-state index in [0.29, 0.717) is 13.0 Å². The molecule has 0 saturated carbocycles.